The Morgan fingerprint density at radius 1 is 1.05 bits per heavy atom. The molecule has 1 aromatic carbocycles. The van der Waals surface area contributed by atoms with Gasteiger partial charge in [-0.2, -0.15) is 5.10 Å². The van der Waals surface area contributed by atoms with Crippen molar-refractivity contribution in [2.75, 3.05) is 13.1 Å². The maximum absolute atomic E-state index is 13.0. The number of aliphatic hydroxyl groups is 1. The van der Waals surface area contributed by atoms with Gasteiger partial charge in [0.2, 0.25) is 11.8 Å². The number of pyridine rings is 1. The number of aryl methyl sites for hydroxylation is 1. The standard InChI is InChI=1S/C28H30N6O4/c1-32-22(10-13-29-32)19-4-2-18(3-5-19)16-33-14-11-28(38,12-15-33)24-8-6-20-21(30-24)17-34(27(20)37)23-7-9-25(35)31-26(23)36/h2-6,8,10,13,23,38H,7,9,11-12,14-17H2,1H3,(H,31,35,36). The van der Waals surface area contributed by atoms with Crippen molar-refractivity contribution in [1.29, 1.82) is 0 Å². The first kappa shape index (κ1) is 24.4. The monoisotopic (exact) mass is 514 g/mol. The van der Waals surface area contributed by atoms with E-state index in [4.69, 9.17) is 4.98 Å². The number of nitrogens with zero attached hydrogens (tertiary/aromatic N) is 5. The number of hydrogen-bond acceptors (Lipinski definition) is 7. The van der Waals surface area contributed by atoms with Gasteiger partial charge in [0.05, 0.1) is 29.2 Å². The molecule has 0 saturated carbocycles. The van der Waals surface area contributed by atoms with Crippen LogP contribution in [0.25, 0.3) is 11.3 Å². The van der Waals surface area contributed by atoms with Crippen molar-refractivity contribution in [3.63, 3.8) is 0 Å². The van der Waals surface area contributed by atoms with Gasteiger partial charge in [0.1, 0.15) is 11.6 Å². The van der Waals surface area contributed by atoms with Crippen LogP contribution in [0.1, 0.15) is 53.0 Å². The molecule has 38 heavy (non-hydrogen) atoms. The third-order valence-electron chi connectivity index (χ3n) is 8.01. The zero-order chi connectivity index (χ0) is 26.4. The van der Waals surface area contributed by atoms with E-state index in [1.807, 2.05) is 17.8 Å². The fourth-order valence-corrected chi connectivity index (χ4v) is 5.73. The minimum absolute atomic E-state index is 0.200. The van der Waals surface area contributed by atoms with Gasteiger partial charge < -0.3 is 10.0 Å². The number of carbonyl (C=O) groups is 3. The van der Waals surface area contributed by atoms with Gasteiger partial charge in [-0.3, -0.25) is 34.3 Å². The van der Waals surface area contributed by atoms with Gasteiger partial charge >= 0.3 is 0 Å². The van der Waals surface area contributed by atoms with Crippen molar-refractivity contribution in [1.82, 2.24) is 29.9 Å². The van der Waals surface area contributed by atoms with Crippen LogP contribution in [0.2, 0.25) is 0 Å². The highest BCUT2D eigenvalue weighted by atomic mass is 16.3. The summed E-state index contributed by atoms with van der Waals surface area (Å²) in [4.78, 5) is 45.3. The molecule has 0 aliphatic carbocycles. The van der Waals surface area contributed by atoms with E-state index in [9.17, 15) is 19.5 Å². The fraction of sp³-hybridized carbons (Fsp3) is 0.393. The van der Waals surface area contributed by atoms with Gasteiger partial charge in [-0.1, -0.05) is 24.3 Å². The summed E-state index contributed by atoms with van der Waals surface area (Å²) in [5.41, 5.74) is 3.93. The summed E-state index contributed by atoms with van der Waals surface area (Å²) in [6.07, 6.45) is 3.39. The van der Waals surface area contributed by atoms with Crippen molar-refractivity contribution in [3.8, 4) is 11.3 Å². The van der Waals surface area contributed by atoms with Crippen molar-refractivity contribution in [2.24, 2.45) is 7.05 Å². The molecule has 1 unspecified atom stereocenters. The second kappa shape index (κ2) is 9.45. The maximum atomic E-state index is 13.0. The van der Waals surface area contributed by atoms with Crippen molar-refractivity contribution < 1.29 is 19.5 Å². The molecule has 3 amide bonds. The molecule has 3 aliphatic heterocycles. The normalized spacial score (nSPS) is 21.5. The van der Waals surface area contributed by atoms with Crippen LogP contribution in [-0.2, 0) is 35.3 Å². The van der Waals surface area contributed by atoms with Crippen LogP contribution in [-0.4, -0.2) is 66.5 Å². The Bertz CT molecular complexity index is 1410. The second-order valence-electron chi connectivity index (χ2n) is 10.4. The SMILES string of the molecule is Cn1nccc1-c1ccc(CN2CCC(O)(c3ccc4c(n3)CN(C3CCC(=O)NC3=O)C4=O)CC2)cc1. The zero-order valence-corrected chi connectivity index (χ0v) is 21.3. The van der Waals surface area contributed by atoms with Crippen molar-refractivity contribution >= 4 is 17.7 Å². The van der Waals surface area contributed by atoms with E-state index >= 15 is 0 Å². The molecule has 6 rings (SSSR count). The number of piperidine rings is 2. The molecule has 0 bridgehead atoms. The lowest BCUT2D eigenvalue weighted by Crippen LogP contribution is -2.52. The molecule has 2 saturated heterocycles. The van der Waals surface area contributed by atoms with E-state index in [1.165, 1.54) is 10.5 Å². The largest absolute Gasteiger partial charge is 0.383 e. The molecular weight excluding hydrogens is 484 g/mol. The summed E-state index contributed by atoms with van der Waals surface area (Å²) in [5.74, 6) is -1.02. The summed E-state index contributed by atoms with van der Waals surface area (Å²) in [6, 6.07) is 13.3. The molecule has 2 fully saturated rings. The number of nitrogens with one attached hydrogen (secondary N) is 1. The molecule has 1 atom stereocenters. The Morgan fingerprint density at radius 2 is 1.82 bits per heavy atom. The predicted octanol–water partition coefficient (Wildman–Crippen LogP) is 1.73. The van der Waals surface area contributed by atoms with Crippen LogP contribution in [0.5, 0.6) is 0 Å². The van der Waals surface area contributed by atoms with Crippen LogP contribution in [0.4, 0.5) is 0 Å². The third kappa shape index (κ3) is 4.39. The predicted molar refractivity (Wildman–Crippen MR) is 137 cm³/mol. The lowest BCUT2D eigenvalue weighted by atomic mass is 9.87. The Labute approximate surface area is 220 Å². The summed E-state index contributed by atoms with van der Waals surface area (Å²) in [5, 5.41) is 18.0. The first-order chi connectivity index (χ1) is 18.3. The average molecular weight is 515 g/mol. The lowest BCUT2D eigenvalue weighted by molar-refractivity contribution is -0.136. The Morgan fingerprint density at radius 3 is 2.50 bits per heavy atom. The van der Waals surface area contributed by atoms with E-state index in [0.29, 0.717) is 36.2 Å². The number of carbonyl (C=O) groups excluding carboxylic acids is 3. The van der Waals surface area contributed by atoms with Gasteiger partial charge in [-0.15, -0.1) is 0 Å². The molecule has 10 heteroatoms. The molecule has 2 aromatic heterocycles. The molecule has 0 spiro atoms. The minimum Gasteiger partial charge on any atom is -0.383 e. The molecule has 3 aliphatic rings. The highest BCUT2D eigenvalue weighted by Gasteiger charge is 2.41. The second-order valence-corrected chi connectivity index (χ2v) is 10.4. The number of amides is 3. The number of aromatic nitrogens is 3. The first-order valence-corrected chi connectivity index (χ1v) is 13.0. The summed E-state index contributed by atoms with van der Waals surface area (Å²) < 4.78 is 1.86. The number of imide groups is 1. The number of fused-ring (bicyclic) bond motifs is 1. The average Bonchev–Trinajstić information content (AvgIpc) is 3.48. The van der Waals surface area contributed by atoms with Crippen LogP contribution in [0.15, 0.2) is 48.7 Å². The molecule has 3 aromatic rings. The summed E-state index contributed by atoms with van der Waals surface area (Å²) >= 11 is 0. The lowest BCUT2D eigenvalue weighted by Gasteiger charge is -2.38. The Kier molecular flexibility index (Phi) is 6.08. The molecule has 0 radical (unpaired) electrons. The van der Waals surface area contributed by atoms with Crippen LogP contribution >= 0.6 is 0 Å². The minimum atomic E-state index is -1.07. The van der Waals surface area contributed by atoms with E-state index in [0.717, 1.165) is 30.9 Å². The fourth-order valence-electron chi connectivity index (χ4n) is 5.73. The molecule has 10 nitrogen and oxygen atoms in total. The molecule has 5 heterocycles. The van der Waals surface area contributed by atoms with Gasteiger partial charge in [-0.25, -0.2) is 0 Å². The number of rotatable bonds is 5. The first-order valence-electron chi connectivity index (χ1n) is 13.0. The van der Waals surface area contributed by atoms with E-state index < -0.39 is 17.6 Å². The molecule has 2 N–H and O–H groups in total. The van der Waals surface area contributed by atoms with E-state index in [-0.39, 0.29) is 24.8 Å². The summed E-state index contributed by atoms with van der Waals surface area (Å²) in [6.45, 7) is 2.44. The van der Waals surface area contributed by atoms with E-state index in [2.05, 4.69) is 39.6 Å². The van der Waals surface area contributed by atoms with Gasteiger partial charge in [-0.05, 0) is 48.6 Å². The number of benzene rings is 1. The van der Waals surface area contributed by atoms with Gasteiger partial charge in [0.15, 0.2) is 0 Å². The highest BCUT2D eigenvalue weighted by Crippen LogP contribution is 2.35. The van der Waals surface area contributed by atoms with Crippen molar-refractivity contribution in [2.45, 2.75) is 50.4 Å². The van der Waals surface area contributed by atoms with E-state index in [1.54, 1.807) is 18.3 Å². The molecule has 196 valence electrons. The number of likely N-dealkylation sites (tertiary alicyclic amines) is 1. The summed E-state index contributed by atoms with van der Waals surface area (Å²) in [7, 11) is 1.93. The Hall–Kier alpha value is -3.89. The van der Waals surface area contributed by atoms with Crippen molar-refractivity contribution in [3.05, 3.63) is 71.2 Å². The Balaban J connectivity index is 1.09. The highest BCUT2D eigenvalue weighted by molar-refractivity contribution is 6.05. The van der Waals surface area contributed by atoms with Gasteiger partial charge in [0.25, 0.3) is 5.91 Å². The third-order valence-corrected chi connectivity index (χ3v) is 8.01. The molecular formula is C28H30N6O4. The van der Waals surface area contributed by atoms with Gasteiger partial charge in [0, 0.05) is 39.3 Å². The zero-order valence-electron chi connectivity index (χ0n) is 21.3. The van der Waals surface area contributed by atoms with Crippen LogP contribution in [0, 0.1) is 0 Å². The van der Waals surface area contributed by atoms with Crippen LogP contribution in [0.3, 0.4) is 0 Å². The number of hydrogen-bond donors (Lipinski definition) is 2. The topological polar surface area (TPSA) is 121 Å². The maximum Gasteiger partial charge on any atom is 0.256 e. The quantitative estimate of drug-likeness (QED) is 0.498. The smallest absolute Gasteiger partial charge is 0.256 e. The van der Waals surface area contributed by atoms with Crippen LogP contribution < -0.4 is 5.32 Å².